The number of benzene rings is 1. The van der Waals surface area contributed by atoms with Gasteiger partial charge in [-0.15, -0.1) is 0 Å². The molecule has 1 saturated carbocycles. The molecular weight excluding hydrogens is 250 g/mol. The zero-order valence-electron chi connectivity index (χ0n) is 11.3. The third-order valence-corrected chi connectivity index (χ3v) is 3.73. The van der Waals surface area contributed by atoms with Crippen molar-refractivity contribution in [3.8, 4) is 0 Å². The van der Waals surface area contributed by atoms with Crippen molar-refractivity contribution >= 4 is 5.82 Å². The largest absolute Gasteiger partial charge is 0.392 e. The Balaban J connectivity index is 1.57. The van der Waals surface area contributed by atoms with Crippen LogP contribution in [0, 0.1) is 0 Å². The van der Waals surface area contributed by atoms with Gasteiger partial charge in [-0.05, 0) is 29.2 Å². The summed E-state index contributed by atoms with van der Waals surface area (Å²) in [5, 5.41) is 12.3. The number of hydrogen-bond donors (Lipinski definition) is 3. The topological polar surface area (TPSA) is 71.2 Å². The van der Waals surface area contributed by atoms with Gasteiger partial charge in [-0.1, -0.05) is 30.3 Å². The van der Waals surface area contributed by atoms with E-state index >= 15 is 0 Å². The SMILES string of the molecule is N[C@H]1C[C@@H]1c1ccc(NCc2ccc(CO)cc2)nc1. The normalized spacial score (nSPS) is 20.7. The zero-order valence-corrected chi connectivity index (χ0v) is 11.3. The summed E-state index contributed by atoms with van der Waals surface area (Å²) in [6.07, 6.45) is 2.99. The van der Waals surface area contributed by atoms with Crippen LogP contribution in [0.1, 0.15) is 29.0 Å². The Morgan fingerprint density at radius 1 is 1.15 bits per heavy atom. The molecule has 2 atom stereocenters. The molecule has 3 rings (SSSR count). The molecule has 0 aliphatic heterocycles. The lowest BCUT2D eigenvalue weighted by molar-refractivity contribution is 0.282. The van der Waals surface area contributed by atoms with Crippen molar-refractivity contribution in [3.63, 3.8) is 0 Å². The molecule has 1 fully saturated rings. The molecule has 1 aromatic carbocycles. The number of anilines is 1. The number of nitrogens with two attached hydrogens (primary N) is 1. The minimum atomic E-state index is 0.0834. The standard InChI is InChI=1S/C16H19N3O/c17-15-7-14(15)13-5-6-16(19-9-13)18-8-11-1-3-12(10-20)4-2-11/h1-6,9,14-15,20H,7-8,10,17H2,(H,18,19)/t14-,15+/m1/s1. The van der Waals surface area contributed by atoms with E-state index < -0.39 is 0 Å². The number of hydrogen-bond acceptors (Lipinski definition) is 4. The smallest absolute Gasteiger partial charge is 0.126 e. The van der Waals surface area contributed by atoms with Crippen LogP contribution in [0.3, 0.4) is 0 Å². The third-order valence-electron chi connectivity index (χ3n) is 3.73. The minimum absolute atomic E-state index is 0.0834. The first kappa shape index (κ1) is 13.1. The Labute approximate surface area is 118 Å². The highest BCUT2D eigenvalue weighted by molar-refractivity contribution is 5.39. The molecule has 1 aliphatic rings. The fraction of sp³-hybridized carbons (Fsp3) is 0.312. The fourth-order valence-electron chi connectivity index (χ4n) is 2.28. The van der Waals surface area contributed by atoms with Gasteiger partial charge in [-0.2, -0.15) is 0 Å². The molecule has 104 valence electrons. The lowest BCUT2D eigenvalue weighted by Crippen LogP contribution is -2.03. The van der Waals surface area contributed by atoms with E-state index in [0.717, 1.165) is 29.9 Å². The van der Waals surface area contributed by atoms with E-state index in [-0.39, 0.29) is 6.61 Å². The first-order valence-corrected chi connectivity index (χ1v) is 6.90. The molecule has 4 nitrogen and oxygen atoms in total. The Hall–Kier alpha value is -1.91. The van der Waals surface area contributed by atoms with E-state index in [2.05, 4.69) is 16.4 Å². The molecule has 0 spiro atoms. The number of aliphatic hydroxyl groups is 1. The van der Waals surface area contributed by atoms with Crippen LogP contribution in [0.4, 0.5) is 5.82 Å². The van der Waals surface area contributed by atoms with Gasteiger partial charge in [0.15, 0.2) is 0 Å². The average molecular weight is 269 g/mol. The third kappa shape index (κ3) is 2.98. The molecular formula is C16H19N3O. The van der Waals surface area contributed by atoms with Crippen molar-refractivity contribution in [2.24, 2.45) is 5.73 Å². The second-order valence-electron chi connectivity index (χ2n) is 5.31. The van der Waals surface area contributed by atoms with Crippen LogP contribution in [0.15, 0.2) is 42.6 Å². The first-order chi connectivity index (χ1) is 9.76. The van der Waals surface area contributed by atoms with Gasteiger partial charge < -0.3 is 16.2 Å². The summed E-state index contributed by atoms with van der Waals surface area (Å²) in [6.45, 7) is 0.807. The second-order valence-corrected chi connectivity index (χ2v) is 5.31. The predicted octanol–water partition coefficient (Wildman–Crippen LogP) is 2.00. The Kier molecular flexibility index (Phi) is 3.67. The molecule has 2 aromatic rings. The average Bonchev–Trinajstić information content (AvgIpc) is 3.23. The van der Waals surface area contributed by atoms with Crippen LogP contribution in [-0.4, -0.2) is 16.1 Å². The van der Waals surface area contributed by atoms with Crippen molar-refractivity contribution in [2.75, 3.05) is 5.32 Å². The molecule has 1 heterocycles. The Bertz CT molecular complexity index is 565. The number of rotatable bonds is 5. The zero-order chi connectivity index (χ0) is 13.9. The molecule has 0 saturated heterocycles. The van der Waals surface area contributed by atoms with Crippen LogP contribution < -0.4 is 11.1 Å². The Morgan fingerprint density at radius 3 is 2.40 bits per heavy atom. The first-order valence-electron chi connectivity index (χ1n) is 6.90. The molecule has 4 heteroatoms. The summed E-state index contributed by atoms with van der Waals surface area (Å²) in [4.78, 5) is 4.42. The van der Waals surface area contributed by atoms with Crippen molar-refractivity contribution in [2.45, 2.75) is 31.5 Å². The van der Waals surface area contributed by atoms with Crippen LogP contribution in [0.2, 0.25) is 0 Å². The summed E-state index contributed by atoms with van der Waals surface area (Å²) in [6, 6.07) is 12.3. The van der Waals surface area contributed by atoms with Crippen LogP contribution in [0.5, 0.6) is 0 Å². The molecule has 1 aromatic heterocycles. The summed E-state index contributed by atoms with van der Waals surface area (Å²) in [5.74, 6) is 1.37. The maximum Gasteiger partial charge on any atom is 0.126 e. The van der Waals surface area contributed by atoms with Gasteiger partial charge >= 0.3 is 0 Å². The highest BCUT2D eigenvalue weighted by atomic mass is 16.3. The maximum absolute atomic E-state index is 9.00. The lowest BCUT2D eigenvalue weighted by Gasteiger charge is -2.07. The van der Waals surface area contributed by atoms with E-state index in [1.807, 2.05) is 36.5 Å². The molecule has 0 radical (unpaired) electrons. The van der Waals surface area contributed by atoms with Gasteiger partial charge in [0.05, 0.1) is 6.61 Å². The van der Waals surface area contributed by atoms with Crippen LogP contribution in [0.25, 0.3) is 0 Å². The predicted molar refractivity (Wildman–Crippen MR) is 79.3 cm³/mol. The monoisotopic (exact) mass is 269 g/mol. The van der Waals surface area contributed by atoms with Crippen molar-refractivity contribution in [1.29, 1.82) is 0 Å². The summed E-state index contributed by atoms with van der Waals surface area (Å²) in [7, 11) is 0. The van der Waals surface area contributed by atoms with Gasteiger partial charge in [-0.25, -0.2) is 4.98 Å². The second kappa shape index (κ2) is 5.61. The molecule has 0 unspecified atom stereocenters. The number of nitrogens with zero attached hydrogens (tertiary/aromatic N) is 1. The van der Waals surface area contributed by atoms with E-state index in [1.54, 1.807) is 0 Å². The highest BCUT2D eigenvalue weighted by Crippen LogP contribution is 2.38. The quantitative estimate of drug-likeness (QED) is 0.776. The molecule has 4 N–H and O–H groups in total. The van der Waals surface area contributed by atoms with E-state index in [1.165, 1.54) is 5.56 Å². The Morgan fingerprint density at radius 2 is 1.85 bits per heavy atom. The van der Waals surface area contributed by atoms with E-state index in [4.69, 9.17) is 10.8 Å². The molecule has 20 heavy (non-hydrogen) atoms. The van der Waals surface area contributed by atoms with Crippen molar-refractivity contribution in [1.82, 2.24) is 4.98 Å². The van der Waals surface area contributed by atoms with E-state index in [0.29, 0.717) is 12.0 Å². The maximum atomic E-state index is 9.00. The molecule has 0 bridgehead atoms. The van der Waals surface area contributed by atoms with Gasteiger partial charge in [0.25, 0.3) is 0 Å². The summed E-state index contributed by atoms with van der Waals surface area (Å²) in [5.41, 5.74) is 9.16. The lowest BCUT2D eigenvalue weighted by atomic mass is 10.1. The van der Waals surface area contributed by atoms with Crippen LogP contribution >= 0.6 is 0 Å². The van der Waals surface area contributed by atoms with Gasteiger partial charge in [0, 0.05) is 24.7 Å². The molecule has 1 aliphatic carbocycles. The highest BCUT2D eigenvalue weighted by Gasteiger charge is 2.34. The number of pyridine rings is 1. The van der Waals surface area contributed by atoms with Crippen LogP contribution in [-0.2, 0) is 13.2 Å². The van der Waals surface area contributed by atoms with Gasteiger partial charge in [0.1, 0.15) is 5.82 Å². The minimum Gasteiger partial charge on any atom is -0.392 e. The summed E-state index contributed by atoms with van der Waals surface area (Å²) < 4.78 is 0. The van der Waals surface area contributed by atoms with Crippen molar-refractivity contribution in [3.05, 3.63) is 59.3 Å². The fourth-order valence-corrected chi connectivity index (χ4v) is 2.28. The van der Waals surface area contributed by atoms with Gasteiger partial charge in [0.2, 0.25) is 0 Å². The number of aromatic nitrogens is 1. The number of nitrogens with one attached hydrogen (secondary N) is 1. The van der Waals surface area contributed by atoms with E-state index in [9.17, 15) is 0 Å². The van der Waals surface area contributed by atoms with Crippen molar-refractivity contribution < 1.29 is 5.11 Å². The van der Waals surface area contributed by atoms with Gasteiger partial charge in [-0.3, -0.25) is 0 Å². The molecule has 0 amide bonds. The number of aliphatic hydroxyl groups excluding tert-OH is 1. The summed E-state index contributed by atoms with van der Waals surface area (Å²) >= 11 is 0.